The SMILES string of the molecule is CNC[C@@H]1C[C@@H]1c1ccc(C)c(C)c1. The average molecular weight is 189 g/mol. The van der Waals surface area contributed by atoms with E-state index in [2.05, 4.69) is 37.4 Å². The van der Waals surface area contributed by atoms with Crippen LogP contribution in [0.5, 0.6) is 0 Å². The zero-order valence-electron chi connectivity index (χ0n) is 9.30. The molecule has 0 unspecified atom stereocenters. The summed E-state index contributed by atoms with van der Waals surface area (Å²) in [7, 11) is 2.04. The van der Waals surface area contributed by atoms with Crippen LogP contribution in [0.25, 0.3) is 0 Å². The van der Waals surface area contributed by atoms with Gasteiger partial charge in [0, 0.05) is 0 Å². The largest absolute Gasteiger partial charge is 0.319 e. The molecule has 14 heavy (non-hydrogen) atoms. The maximum atomic E-state index is 3.26. The molecule has 0 saturated heterocycles. The first kappa shape index (κ1) is 9.72. The van der Waals surface area contributed by atoms with Gasteiger partial charge in [-0.1, -0.05) is 18.2 Å². The van der Waals surface area contributed by atoms with Crippen molar-refractivity contribution in [3.8, 4) is 0 Å². The molecule has 1 fully saturated rings. The summed E-state index contributed by atoms with van der Waals surface area (Å²) in [5.41, 5.74) is 4.37. The van der Waals surface area contributed by atoms with Gasteiger partial charge in [0.05, 0.1) is 0 Å². The van der Waals surface area contributed by atoms with Gasteiger partial charge in [-0.05, 0) is 62.4 Å². The van der Waals surface area contributed by atoms with Gasteiger partial charge in [0.2, 0.25) is 0 Å². The van der Waals surface area contributed by atoms with Crippen molar-refractivity contribution < 1.29 is 0 Å². The maximum absolute atomic E-state index is 3.26. The summed E-state index contributed by atoms with van der Waals surface area (Å²) in [5, 5.41) is 3.26. The Morgan fingerprint density at radius 2 is 2.07 bits per heavy atom. The molecule has 1 N–H and O–H groups in total. The molecule has 76 valence electrons. The molecule has 0 heterocycles. The van der Waals surface area contributed by atoms with Crippen LogP contribution in [-0.4, -0.2) is 13.6 Å². The zero-order valence-corrected chi connectivity index (χ0v) is 9.30. The Morgan fingerprint density at radius 3 is 2.71 bits per heavy atom. The lowest BCUT2D eigenvalue weighted by atomic mass is 10.0. The molecule has 0 bridgehead atoms. The molecular formula is C13H19N. The van der Waals surface area contributed by atoms with Crippen molar-refractivity contribution in [3.63, 3.8) is 0 Å². The van der Waals surface area contributed by atoms with Crippen molar-refractivity contribution in [3.05, 3.63) is 34.9 Å². The zero-order chi connectivity index (χ0) is 10.1. The van der Waals surface area contributed by atoms with Gasteiger partial charge in [-0.3, -0.25) is 0 Å². The van der Waals surface area contributed by atoms with Crippen molar-refractivity contribution in [2.45, 2.75) is 26.2 Å². The molecular weight excluding hydrogens is 170 g/mol. The molecule has 1 aromatic carbocycles. The minimum atomic E-state index is 0.821. The van der Waals surface area contributed by atoms with Crippen LogP contribution in [0, 0.1) is 19.8 Å². The Hall–Kier alpha value is -0.820. The van der Waals surface area contributed by atoms with Gasteiger partial charge in [0.25, 0.3) is 0 Å². The summed E-state index contributed by atoms with van der Waals surface area (Å²) < 4.78 is 0. The molecule has 0 aromatic heterocycles. The Labute approximate surface area is 86.5 Å². The van der Waals surface area contributed by atoms with E-state index < -0.39 is 0 Å². The number of benzene rings is 1. The summed E-state index contributed by atoms with van der Waals surface area (Å²) in [6, 6.07) is 6.90. The fourth-order valence-corrected chi connectivity index (χ4v) is 2.14. The van der Waals surface area contributed by atoms with Gasteiger partial charge in [-0.15, -0.1) is 0 Å². The number of aryl methyl sites for hydroxylation is 2. The number of hydrogen-bond acceptors (Lipinski definition) is 1. The molecule has 1 heteroatoms. The first-order chi connectivity index (χ1) is 6.72. The molecule has 1 aliphatic rings. The molecule has 0 radical (unpaired) electrons. The minimum Gasteiger partial charge on any atom is -0.319 e. The molecule has 1 aromatic rings. The fraction of sp³-hybridized carbons (Fsp3) is 0.538. The van der Waals surface area contributed by atoms with Crippen LogP contribution in [-0.2, 0) is 0 Å². The first-order valence-electron chi connectivity index (χ1n) is 5.44. The van der Waals surface area contributed by atoms with E-state index in [-0.39, 0.29) is 0 Å². The summed E-state index contributed by atoms with van der Waals surface area (Å²) in [6.45, 7) is 5.54. The molecule has 2 rings (SSSR count). The van der Waals surface area contributed by atoms with E-state index >= 15 is 0 Å². The van der Waals surface area contributed by atoms with Crippen LogP contribution in [0.4, 0.5) is 0 Å². The highest BCUT2D eigenvalue weighted by Gasteiger charge is 2.37. The van der Waals surface area contributed by atoms with Gasteiger partial charge in [0.15, 0.2) is 0 Å². The van der Waals surface area contributed by atoms with E-state index in [1.165, 1.54) is 23.1 Å². The number of nitrogens with one attached hydrogen (secondary N) is 1. The topological polar surface area (TPSA) is 12.0 Å². The van der Waals surface area contributed by atoms with E-state index in [0.29, 0.717) is 0 Å². The predicted octanol–water partition coefficient (Wildman–Crippen LogP) is 2.63. The van der Waals surface area contributed by atoms with Crippen molar-refractivity contribution in [2.75, 3.05) is 13.6 Å². The van der Waals surface area contributed by atoms with Crippen molar-refractivity contribution in [1.29, 1.82) is 0 Å². The highest BCUT2D eigenvalue weighted by Crippen LogP contribution is 2.47. The first-order valence-corrected chi connectivity index (χ1v) is 5.44. The Bertz CT molecular complexity index is 330. The standard InChI is InChI=1S/C13H19N/c1-9-4-5-11(6-10(9)2)13-7-12(13)8-14-3/h4-6,12-14H,7-8H2,1-3H3/t12-,13+/m0/s1. The van der Waals surface area contributed by atoms with Crippen LogP contribution >= 0.6 is 0 Å². The molecule has 1 saturated carbocycles. The predicted molar refractivity (Wildman–Crippen MR) is 60.7 cm³/mol. The van der Waals surface area contributed by atoms with Crippen LogP contribution < -0.4 is 5.32 Å². The summed E-state index contributed by atoms with van der Waals surface area (Å²) in [6.07, 6.45) is 1.36. The monoisotopic (exact) mass is 189 g/mol. The lowest BCUT2D eigenvalue weighted by Crippen LogP contribution is -2.10. The lowest BCUT2D eigenvalue weighted by molar-refractivity contribution is 0.698. The smallest absolute Gasteiger partial charge is 0.00175 e. The quantitative estimate of drug-likeness (QED) is 0.770. The second-order valence-corrected chi connectivity index (χ2v) is 4.50. The summed E-state index contributed by atoms with van der Waals surface area (Å²) >= 11 is 0. The molecule has 1 nitrogen and oxygen atoms in total. The fourth-order valence-electron chi connectivity index (χ4n) is 2.14. The Morgan fingerprint density at radius 1 is 1.29 bits per heavy atom. The van der Waals surface area contributed by atoms with Crippen molar-refractivity contribution in [2.24, 2.45) is 5.92 Å². The summed E-state index contributed by atoms with van der Waals surface area (Å²) in [5.74, 6) is 1.70. The van der Waals surface area contributed by atoms with Gasteiger partial charge in [-0.2, -0.15) is 0 Å². The summed E-state index contributed by atoms with van der Waals surface area (Å²) in [4.78, 5) is 0. The van der Waals surface area contributed by atoms with Gasteiger partial charge < -0.3 is 5.32 Å². The molecule has 1 aliphatic carbocycles. The van der Waals surface area contributed by atoms with E-state index in [4.69, 9.17) is 0 Å². The second-order valence-electron chi connectivity index (χ2n) is 4.50. The molecule has 0 spiro atoms. The molecule has 2 atom stereocenters. The van der Waals surface area contributed by atoms with Gasteiger partial charge >= 0.3 is 0 Å². The lowest BCUT2D eigenvalue weighted by Gasteiger charge is -2.04. The van der Waals surface area contributed by atoms with Gasteiger partial charge in [-0.25, -0.2) is 0 Å². The normalized spacial score (nSPS) is 25.1. The molecule has 0 amide bonds. The molecule has 0 aliphatic heterocycles. The second kappa shape index (κ2) is 3.74. The van der Waals surface area contributed by atoms with Crippen LogP contribution in [0.1, 0.15) is 29.0 Å². The highest BCUT2D eigenvalue weighted by atomic mass is 14.8. The maximum Gasteiger partial charge on any atom is -0.00175 e. The van der Waals surface area contributed by atoms with E-state index in [1.54, 1.807) is 0 Å². The third-order valence-corrected chi connectivity index (χ3v) is 3.35. The number of rotatable bonds is 3. The Kier molecular flexibility index (Phi) is 2.60. The average Bonchev–Trinajstić information content (AvgIpc) is 2.90. The minimum absolute atomic E-state index is 0.821. The van der Waals surface area contributed by atoms with E-state index in [0.717, 1.165) is 18.4 Å². The van der Waals surface area contributed by atoms with Crippen molar-refractivity contribution >= 4 is 0 Å². The third kappa shape index (κ3) is 1.83. The van der Waals surface area contributed by atoms with Crippen LogP contribution in [0.2, 0.25) is 0 Å². The Balaban J connectivity index is 2.08. The van der Waals surface area contributed by atoms with Gasteiger partial charge in [0.1, 0.15) is 0 Å². The number of hydrogen-bond donors (Lipinski definition) is 1. The highest BCUT2D eigenvalue weighted by molar-refractivity contribution is 5.34. The van der Waals surface area contributed by atoms with E-state index in [9.17, 15) is 0 Å². The van der Waals surface area contributed by atoms with E-state index in [1.807, 2.05) is 7.05 Å². The third-order valence-electron chi connectivity index (χ3n) is 3.35. The van der Waals surface area contributed by atoms with Crippen molar-refractivity contribution in [1.82, 2.24) is 5.32 Å². The van der Waals surface area contributed by atoms with Crippen LogP contribution in [0.3, 0.4) is 0 Å². The van der Waals surface area contributed by atoms with Crippen LogP contribution in [0.15, 0.2) is 18.2 Å².